The topological polar surface area (TPSA) is 28.2 Å². The van der Waals surface area contributed by atoms with Crippen LogP contribution in [0.3, 0.4) is 0 Å². The number of nitrogens with one attached hydrogen (secondary N) is 1. The van der Waals surface area contributed by atoms with Gasteiger partial charge in [0.1, 0.15) is 0 Å². The van der Waals surface area contributed by atoms with Crippen LogP contribution in [0.15, 0.2) is 0 Å². The predicted molar refractivity (Wildman–Crippen MR) is 88.7 cm³/mol. The lowest BCUT2D eigenvalue weighted by Crippen LogP contribution is -2.37. The third kappa shape index (κ3) is 3.95. The van der Waals surface area contributed by atoms with Crippen molar-refractivity contribution in [3.05, 3.63) is 10.6 Å². The molecule has 3 nitrogen and oxygen atoms in total. The van der Waals surface area contributed by atoms with Crippen LogP contribution < -0.4 is 10.2 Å². The van der Waals surface area contributed by atoms with Crippen molar-refractivity contribution in [3.63, 3.8) is 0 Å². The molecule has 1 saturated heterocycles. The van der Waals surface area contributed by atoms with Gasteiger partial charge < -0.3 is 10.2 Å². The van der Waals surface area contributed by atoms with Gasteiger partial charge in [0, 0.05) is 29.5 Å². The summed E-state index contributed by atoms with van der Waals surface area (Å²) in [5.74, 6) is 0. The second-order valence-electron chi connectivity index (χ2n) is 6.86. The first-order chi connectivity index (χ1) is 9.40. The van der Waals surface area contributed by atoms with Gasteiger partial charge in [0.2, 0.25) is 0 Å². The standard InChI is InChI=1S/C16H29N3S/c1-6-13-14(11-17-16(3,4)5)20-15(18-13)19-10-8-7-9-12(19)2/h12,17H,6-11H2,1-5H3. The molecule has 0 bridgehead atoms. The number of hydrogen-bond donors (Lipinski definition) is 1. The molecule has 1 aliphatic rings. The summed E-state index contributed by atoms with van der Waals surface area (Å²) >= 11 is 1.89. The van der Waals surface area contributed by atoms with E-state index >= 15 is 0 Å². The van der Waals surface area contributed by atoms with E-state index in [1.165, 1.54) is 41.5 Å². The zero-order valence-corrected chi connectivity index (χ0v) is 14.4. The first-order valence-corrected chi connectivity index (χ1v) is 8.72. The lowest BCUT2D eigenvalue weighted by Gasteiger charge is -2.33. The Morgan fingerprint density at radius 2 is 2.10 bits per heavy atom. The molecule has 1 N–H and O–H groups in total. The Bertz CT molecular complexity index is 433. The van der Waals surface area contributed by atoms with E-state index in [4.69, 9.17) is 4.98 Å². The average molecular weight is 295 g/mol. The molecule has 1 fully saturated rings. The van der Waals surface area contributed by atoms with Gasteiger partial charge in [0.25, 0.3) is 0 Å². The van der Waals surface area contributed by atoms with Gasteiger partial charge in [-0.25, -0.2) is 4.98 Å². The van der Waals surface area contributed by atoms with E-state index in [9.17, 15) is 0 Å². The highest BCUT2D eigenvalue weighted by atomic mass is 32.1. The van der Waals surface area contributed by atoms with Crippen molar-refractivity contribution >= 4 is 16.5 Å². The molecule has 114 valence electrons. The van der Waals surface area contributed by atoms with E-state index < -0.39 is 0 Å². The fourth-order valence-electron chi connectivity index (χ4n) is 2.63. The Hall–Kier alpha value is -0.610. The molecule has 0 radical (unpaired) electrons. The van der Waals surface area contributed by atoms with E-state index in [0.717, 1.165) is 13.0 Å². The summed E-state index contributed by atoms with van der Waals surface area (Å²) in [5, 5.41) is 4.83. The van der Waals surface area contributed by atoms with Gasteiger partial charge in [-0.3, -0.25) is 0 Å². The van der Waals surface area contributed by atoms with Crippen molar-refractivity contribution in [1.82, 2.24) is 10.3 Å². The normalized spacial score (nSPS) is 20.4. The molecular formula is C16H29N3S. The van der Waals surface area contributed by atoms with Crippen molar-refractivity contribution in [2.24, 2.45) is 0 Å². The van der Waals surface area contributed by atoms with Crippen LogP contribution in [0, 0.1) is 0 Å². The van der Waals surface area contributed by atoms with E-state index in [1.54, 1.807) is 0 Å². The molecule has 1 aliphatic heterocycles. The lowest BCUT2D eigenvalue weighted by molar-refractivity contribution is 0.425. The number of nitrogens with zero attached hydrogens (tertiary/aromatic N) is 2. The summed E-state index contributed by atoms with van der Waals surface area (Å²) in [6, 6.07) is 0.642. The highest BCUT2D eigenvalue weighted by Crippen LogP contribution is 2.31. The second kappa shape index (κ2) is 6.44. The van der Waals surface area contributed by atoms with Crippen molar-refractivity contribution in [3.8, 4) is 0 Å². The first-order valence-electron chi connectivity index (χ1n) is 7.91. The molecule has 4 heteroatoms. The van der Waals surface area contributed by atoms with E-state index in [0.29, 0.717) is 6.04 Å². The van der Waals surface area contributed by atoms with E-state index in [1.807, 2.05) is 11.3 Å². The van der Waals surface area contributed by atoms with Crippen molar-refractivity contribution in [2.45, 2.75) is 78.4 Å². The second-order valence-corrected chi connectivity index (χ2v) is 7.92. The summed E-state index contributed by atoms with van der Waals surface area (Å²) in [5.41, 5.74) is 1.44. The molecule has 0 saturated carbocycles. The molecule has 20 heavy (non-hydrogen) atoms. The Morgan fingerprint density at radius 3 is 2.70 bits per heavy atom. The number of anilines is 1. The summed E-state index contributed by atoms with van der Waals surface area (Å²) < 4.78 is 0. The highest BCUT2D eigenvalue weighted by molar-refractivity contribution is 7.15. The maximum absolute atomic E-state index is 4.91. The summed E-state index contributed by atoms with van der Waals surface area (Å²) in [6.07, 6.45) is 5.00. The Kier molecular flexibility index (Phi) is 5.08. The van der Waals surface area contributed by atoms with Crippen LogP contribution >= 0.6 is 11.3 Å². The zero-order valence-electron chi connectivity index (χ0n) is 13.6. The van der Waals surface area contributed by atoms with Crippen LogP contribution in [0.1, 0.15) is 64.5 Å². The maximum atomic E-state index is 4.91. The van der Waals surface area contributed by atoms with E-state index in [-0.39, 0.29) is 5.54 Å². The third-order valence-electron chi connectivity index (χ3n) is 3.93. The Labute approximate surface area is 127 Å². The van der Waals surface area contributed by atoms with Gasteiger partial charge in [-0.05, 0) is 53.4 Å². The maximum Gasteiger partial charge on any atom is 0.186 e. The summed E-state index contributed by atoms with van der Waals surface area (Å²) in [4.78, 5) is 8.83. The lowest BCUT2D eigenvalue weighted by atomic mass is 10.1. The van der Waals surface area contributed by atoms with E-state index in [2.05, 4.69) is 44.8 Å². The zero-order chi connectivity index (χ0) is 14.8. The van der Waals surface area contributed by atoms with Gasteiger partial charge in [0.15, 0.2) is 5.13 Å². The molecule has 1 unspecified atom stereocenters. The summed E-state index contributed by atoms with van der Waals surface area (Å²) in [6.45, 7) is 13.3. The number of thiazole rings is 1. The van der Waals surface area contributed by atoms with Crippen LogP contribution in [-0.2, 0) is 13.0 Å². The van der Waals surface area contributed by atoms with Crippen LogP contribution in [-0.4, -0.2) is 23.1 Å². The molecule has 0 amide bonds. The quantitative estimate of drug-likeness (QED) is 0.911. The van der Waals surface area contributed by atoms with Crippen LogP contribution in [0.4, 0.5) is 5.13 Å². The smallest absolute Gasteiger partial charge is 0.186 e. The molecule has 1 aromatic heterocycles. The number of rotatable bonds is 4. The van der Waals surface area contributed by atoms with Gasteiger partial charge in [-0.15, -0.1) is 11.3 Å². The van der Waals surface area contributed by atoms with Crippen LogP contribution in [0.25, 0.3) is 0 Å². The van der Waals surface area contributed by atoms with Gasteiger partial charge in [0.05, 0.1) is 5.69 Å². The molecule has 2 heterocycles. The molecule has 0 aromatic carbocycles. The van der Waals surface area contributed by atoms with Crippen molar-refractivity contribution < 1.29 is 0 Å². The van der Waals surface area contributed by atoms with Crippen molar-refractivity contribution in [2.75, 3.05) is 11.4 Å². The SMILES string of the molecule is CCc1nc(N2CCCCC2C)sc1CNC(C)(C)C. The minimum atomic E-state index is 0.160. The largest absolute Gasteiger partial charge is 0.345 e. The molecule has 0 spiro atoms. The summed E-state index contributed by atoms with van der Waals surface area (Å²) in [7, 11) is 0. The molecular weight excluding hydrogens is 266 g/mol. The van der Waals surface area contributed by atoms with Crippen molar-refractivity contribution in [1.29, 1.82) is 0 Å². The molecule has 2 rings (SSSR count). The fraction of sp³-hybridized carbons (Fsp3) is 0.812. The minimum Gasteiger partial charge on any atom is -0.345 e. The molecule has 1 atom stereocenters. The Morgan fingerprint density at radius 1 is 1.35 bits per heavy atom. The predicted octanol–water partition coefficient (Wildman–Crippen LogP) is 3.97. The average Bonchev–Trinajstić information content (AvgIpc) is 2.79. The fourth-order valence-corrected chi connectivity index (χ4v) is 3.85. The van der Waals surface area contributed by atoms with Crippen LogP contribution in [0.5, 0.6) is 0 Å². The molecule has 1 aromatic rings. The highest BCUT2D eigenvalue weighted by Gasteiger charge is 2.23. The number of piperidine rings is 1. The first kappa shape index (κ1) is 15.8. The number of aryl methyl sites for hydroxylation is 1. The van der Waals surface area contributed by atoms with Gasteiger partial charge in [-0.2, -0.15) is 0 Å². The third-order valence-corrected chi connectivity index (χ3v) is 5.06. The minimum absolute atomic E-state index is 0.160. The number of hydrogen-bond acceptors (Lipinski definition) is 4. The molecule has 0 aliphatic carbocycles. The monoisotopic (exact) mass is 295 g/mol. The Balaban J connectivity index is 2.13. The van der Waals surface area contributed by atoms with Crippen LogP contribution in [0.2, 0.25) is 0 Å². The number of aromatic nitrogens is 1. The van der Waals surface area contributed by atoms with Gasteiger partial charge in [-0.1, -0.05) is 6.92 Å². The van der Waals surface area contributed by atoms with Gasteiger partial charge >= 0.3 is 0 Å².